The molecule has 0 aromatic carbocycles. The molecule has 2 N–H and O–H groups in total. The van der Waals surface area contributed by atoms with Gasteiger partial charge >= 0.3 is 0 Å². The molecule has 0 radical (unpaired) electrons. The summed E-state index contributed by atoms with van der Waals surface area (Å²) in [6.07, 6.45) is 5.59. The average Bonchev–Trinajstić information content (AvgIpc) is 2.82. The van der Waals surface area contributed by atoms with Crippen LogP contribution in [0.25, 0.3) is 0 Å². The SMILES string of the molecule is NC(c1noc(CC2CCCO2)n1)C1CC1. The second kappa shape index (κ2) is 4.14. The van der Waals surface area contributed by atoms with Gasteiger partial charge in [-0.05, 0) is 31.6 Å². The molecule has 1 aliphatic heterocycles. The third-order valence-corrected chi connectivity index (χ3v) is 3.34. The Morgan fingerprint density at radius 3 is 2.94 bits per heavy atom. The van der Waals surface area contributed by atoms with Crippen molar-refractivity contribution >= 4 is 0 Å². The van der Waals surface area contributed by atoms with Crippen molar-refractivity contribution in [3.8, 4) is 0 Å². The van der Waals surface area contributed by atoms with Crippen LogP contribution in [0.2, 0.25) is 0 Å². The molecule has 5 nitrogen and oxygen atoms in total. The second-order valence-electron chi connectivity index (χ2n) is 4.75. The minimum absolute atomic E-state index is 0.0398. The number of hydrogen-bond acceptors (Lipinski definition) is 5. The van der Waals surface area contributed by atoms with E-state index in [1.165, 1.54) is 12.8 Å². The van der Waals surface area contributed by atoms with Gasteiger partial charge in [0.15, 0.2) is 5.82 Å². The molecule has 16 heavy (non-hydrogen) atoms. The first-order valence-electron chi connectivity index (χ1n) is 6.02. The van der Waals surface area contributed by atoms with Crippen LogP contribution in [0.3, 0.4) is 0 Å². The van der Waals surface area contributed by atoms with Gasteiger partial charge in [0.05, 0.1) is 18.6 Å². The summed E-state index contributed by atoms with van der Waals surface area (Å²) in [6.45, 7) is 0.854. The first kappa shape index (κ1) is 10.2. The zero-order valence-electron chi connectivity index (χ0n) is 9.26. The van der Waals surface area contributed by atoms with Crippen LogP contribution in [0.1, 0.15) is 43.4 Å². The molecule has 2 heterocycles. The van der Waals surface area contributed by atoms with E-state index in [2.05, 4.69) is 10.1 Å². The Bertz CT molecular complexity index is 356. The van der Waals surface area contributed by atoms with Gasteiger partial charge in [0.1, 0.15) is 0 Å². The predicted octanol–water partition coefficient (Wildman–Crippen LogP) is 1.20. The lowest BCUT2D eigenvalue weighted by atomic mass is 10.2. The summed E-state index contributed by atoms with van der Waals surface area (Å²) in [6, 6.07) is -0.0398. The average molecular weight is 223 g/mol. The molecular formula is C11H17N3O2. The zero-order valence-corrected chi connectivity index (χ0v) is 9.26. The monoisotopic (exact) mass is 223 g/mol. The fraction of sp³-hybridized carbons (Fsp3) is 0.818. The Kier molecular flexibility index (Phi) is 2.65. The maximum atomic E-state index is 6.01. The lowest BCUT2D eigenvalue weighted by Gasteiger charge is -2.04. The third kappa shape index (κ3) is 2.10. The van der Waals surface area contributed by atoms with E-state index in [9.17, 15) is 0 Å². The van der Waals surface area contributed by atoms with E-state index in [1.807, 2.05) is 0 Å². The molecule has 2 aliphatic rings. The van der Waals surface area contributed by atoms with Gasteiger partial charge in [0, 0.05) is 6.61 Å². The van der Waals surface area contributed by atoms with Gasteiger partial charge in [-0.25, -0.2) is 0 Å². The van der Waals surface area contributed by atoms with E-state index in [0.29, 0.717) is 17.6 Å². The van der Waals surface area contributed by atoms with Gasteiger partial charge in [0.2, 0.25) is 5.89 Å². The van der Waals surface area contributed by atoms with E-state index in [0.717, 1.165) is 25.9 Å². The highest BCUT2D eigenvalue weighted by atomic mass is 16.5. The highest BCUT2D eigenvalue weighted by Crippen LogP contribution is 2.38. The molecule has 0 spiro atoms. The predicted molar refractivity (Wildman–Crippen MR) is 56.6 cm³/mol. The summed E-state index contributed by atoms with van der Waals surface area (Å²) >= 11 is 0. The Labute approximate surface area is 94.3 Å². The van der Waals surface area contributed by atoms with Crippen molar-refractivity contribution in [3.63, 3.8) is 0 Å². The molecule has 1 aromatic heterocycles. The van der Waals surface area contributed by atoms with Crippen LogP contribution in [0.5, 0.6) is 0 Å². The van der Waals surface area contributed by atoms with Gasteiger partial charge in [0.25, 0.3) is 0 Å². The lowest BCUT2D eigenvalue weighted by molar-refractivity contribution is 0.104. The molecular weight excluding hydrogens is 206 g/mol. The maximum Gasteiger partial charge on any atom is 0.229 e. The van der Waals surface area contributed by atoms with Crippen molar-refractivity contribution in [1.82, 2.24) is 10.1 Å². The maximum absolute atomic E-state index is 6.01. The Morgan fingerprint density at radius 2 is 2.25 bits per heavy atom. The van der Waals surface area contributed by atoms with Crippen LogP contribution in [0.4, 0.5) is 0 Å². The summed E-state index contributed by atoms with van der Waals surface area (Å²) in [5.41, 5.74) is 6.01. The number of aromatic nitrogens is 2. The largest absolute Gasteiger partial charge is 0.378 e. The highest BCUT2D eigenvalue weighted by molar-refractivity contribution is 5.00. The number of hydrogen-bond donors (Lipinski definition) is 1. The van der Waals surface area contributed by atoms with Crippen molar-refractivity contribution in [2.24, 2.45) is 11.7 Å². The van der Waals surface area contributed by atoms with E-state index in [-0.39, 0.29) is 12.1 Å². The minimum atomic E-state index is -0.0398. The summed E-state index contributed by atoms with van der Waals surface area (Å²) in [4.78, 5) is 4.35. The summed E-state index contributed by atoms with van der Waals surface area (Å²) in [7, 11) is 0. The normalized spacial score (nSPS) is 27.2. The molecule has 2 fully saturated rings. The van der Waals surface area contributed by atoms with Gasteiger partial charge < -0.3 is 15.0 Å². The molecule has 2 unspecified atom stereocenters. The van der Waals surface area contributed by atoms with E-state index in [4.69, 9.17) is 15.0 Å². The zero-order chi connectivity index (χ0) is 11.0. The first-order chi connectivity index (χ1) is 7.83. The molecule has 88 valence electrons. The van der Waals surface area contributed by atoms with Crippen LogP contribution >= 0.6 is 0 Å². The van der Waals surface area contributed by atoms with Crippen molar-refractivity contribution in [1.29, 1.82) is 0 Å². The summed E-state index contributed by atoms with van der Waals surface area (Å²) in [5.74, 6) is 1.89. The molecule has 5 heteroatoms. The van der Waals surface area contributed by atoms with Crippen molar-refractivity contribution in [3.05, 3.63) is 11.7 Å². The van der Waals surface area contributed by atoms with E-state index < -0.39 is 0 Å². The van der Waals surface area contributed by atoms with Crippen LogP contribution < -0.4 is 5.73 Å². The Morgan fingerprint density at radius 1 is 1.38 bits per heavy atom. The number of ether oxygens (including phenoxy) is 1. The summed E-state index contributed by atoms with van der Waals surface area (Å²) in [5, 5.41) is 3.95. The lowest BCUT2D eigenvalue weighted by Crippen LogP contribution is -2.14. The van der Waals surface area contributed by atoms with Crippen molar-refractivity contribution in [2.45, 2.75) is 44.2 Å². The molecule has 0 bridgehead atoms. The van der Waals surface area contributed by atoms with E-state index in [1.54, 1.807) is 0 Å². The topological polar surface area (TPSA) is 74.2 Å². The molecule has 0 amide bonds. The Balaban J connectivity index is 1.62. The number of nitrogens with zero attached hydrogens (tertiary/aromatic N) is 2. The Hall–Kier alpha value is -0.940. The highest BCUT2D eigenvalue weighted by Gasteiger charge is 2.32. The number of nitrogens with two attached hydrogens (primary N) is 1. The second-order valence-corrected chi connectivity index (χ2v) is 4.75. The number of rotatable bonds is 4. The fourth-order valence-electron chi connectivity index (χ4n) is 2.15. The molecule has 1 saturated carbocycles. The molecule has 1 saturated heterocycles. The quantitative estimate of drug-likeness (QED) is 0.830. The fourth-order valence-corrected chi connectivity index (χ4v) is 2.15. The van der Waals surface area contributed by atoms with Crippen LogP contribution in [0, 0.1) is 5.92 Å². The van der Waals surface area contributed by atoms with Crippen molar-refractivity contribution in [2.75, 3.05) is 6.61 Å². The first-order valence-corrected chi connectivity index (χ1v) is 6.02. The van der Waals surface area contributed by atoms with Crippen LogP contribution in [0.15, 0.2) is 4.52 Å². The van der Waals surface area contributed by atoms with Gasteiger partial charge in [-0.2, -0.15) is 4.98 Å². The molecule has 3 rings (SSSR count). The van der Waals surface area contributed by atoms with Gasteiger partial charge in [-0.3, -0.25) is 0 Å². The molecule has 1 aromatic rings. The molecule has 1 aliphatic carbocycles. The minimum Gasteiger partial charge on any atom is -0.378 e. The van der Waals surface area contributed by atoms with Crippen LogP contribution in [-0.2, 0) is 11.2 Å². The third-order valence-electron chi connectivity index (χ3n) is 3.34. The van der Waals surface area contributed by atoms with Crippen molar-refractivity contribution < 1.29 is 9.26 Å². The molecule has 2 atom stereocenters. The smallest absolute Gasteiger partial charge is 0.229 e. The standard InChI is InChI=1S/C11H17N3O2/c12-10(7-3-4-7)11-13-9(16-14-11)6-8-2-1-5-15-8/h7-8,10H,1-6,12H2. The van der Waals surface area contributed by atoms with Gasteiger partial charge in [-0.1, -0.05) is 5.16 Å². The van der Waals surface area contributed by atoms with E-state index >= 15 is 0 Å². The summed E-state index contributed by atoms with van der Waals surface area (Å²) < 4.78 is 10.7. The van der Waals surface area contributed by atoms with Crippen LogP contribution in [-0.4, -0.2) is 22.9 Å². The van der Waals surface area contributed by atoms with Gasteiger partial charge in [-0.15, -0.1) is 0 Å².